The largest absolute Gasteiger partial charge is 0.322 e. The summed E-state index contributed by atoms with van der Waals surface area (Å²) in [6.07, 6.45) is 5.86. The van der Waals surface area contributed by atoms with Crippen LogP contribution in [0.2, 0.25) is 0 Å². The molecule has 0 saturated carbocycles. The van der Waals surface area contributed by atoms with Crippen molar-refractivity contribution in [2.75, 3.05) is 5.32 Å². The van der Waals surface area contributed by atoms with Crippen LogP contribution in [0.1, 0.15) is 57.5 Å². The highest BCUT2D eigenvalue weighted by molar-refractivity contribution is 7.15. The van der Waals surface area contributed by atoms with Crippen molar-refractivity contribution in [3.05, 3.63) is 69.4 Å². The summed E-state index contributed by atoms with van der Waals surface area (Å²) >= 11 is 1.71. The van der Waals surface area contributed by atoms with Gasteiger partial charge >= 0.3 is 0 Å². The van der Waals surface area contributed by atoms with E-state index < -0.39 is 0 Å². The fourth-order valence-corrected chi connectivity index (χ4v) is 5.58. The maximum absolute atomic E-state index is 13.4. The van der Waals surface area contributed by atoms with Crippen LogP contribution in [0.3, 0.4) is 0 Å². The standard InChI is InChI=1S/C24H26N4O2S/c1-15-13-18(14-25-27-17(3)29)16(2)28(15)24-22(20-11-7-8-12-21(20)31-24)23(30)26-19-9-5-4-6-10-19/h4-6,9-10,13-14H,7-8,11-12H2,1-3H3,(H,26,30)(H,27,29)/b25-14-. The van der Waals surface area contributed by atoms with Crippen molar-refractivity contribution in [2.45, 2.75) is 46.5 Å². The maximum atomic E-state index is 13.4. The van der Waals surface area contributed by atoms with E-state index in [9.17, 15) is 9.59 Å². The molecule has 2 N–H and O–H groups in total. The number of rotatable bonds is 5. The Balaban J connectivity index is 1.78. The number of thiophene rings is 1. The number of carbonyl (C=O) groups excluding carboxylic acids is 2. The Kier molecular flexibility index (Phi) is 6.04. The summed E-state index contributed by atoms with van der Waals surface area (Å²) in [7, 11) is 0. The van der Waals surface area contributed by atoms with Gasteiger partial charge in [-0.05, 0) is 63.3 Å². The van der Waals surface area contributed by atoms with Crippen LogP contribution in [-0.4, -0.2) is 22.6 Å². The summed E-state index contributed by atoms with van der Waals surface area (Å²) in [4.78, 5) is 25.9. The fraction of sp³-hybridized carbons (Fsp3) is 0.292. The SMILES string of the molecule is CC(=O)N/N=C\c1cc(C)n(-c2sc3c(c2C(=O)Nc2ccccc2)CCCC3)c1C. The van der Waals surface area contributed by atoms with Gasteiger partial charge in [-0.25, -0.2) is 5.43 Å². The first-order valence-electron chi connectivity index (χ1n) is 10.5. The third-order valence-corrected chi connectivity index (χ3v) is 6.79. The molecule has 0 unspecified atom stereocenters. The van der Waals surface area contributed by atoms with Gasteiger partial charge in [0.25, 0.3) is 5.91 Å². The lowest BCUT2D eigenvalue weighted by molar-refractivity contribution is -0.118. The van der Waals surface area contributed by atoms with Crippen molar-refractivity contribution in [3.8, 4) is 5.00 Å². The molecule has 0 spiro atoms. The zero-order valence-corrected chi connectivity index (χ0v) is 18.8. The zero-order valence-electron chi connectivity index (χ0n) is 18.0. The molecule has 0 atom stereocenters. The summed E-state index contributed by atoms with van der Waals surface area (Å²) in [6.45, 7) is 5.47. The molecule has 3 aromatic rings. The Morgan fingerprint density at radius 3 is 2.61 bits per heavy atom. The second kappa shape index (κ2) is 8.89. The van der Waals surface area contributed by atoms with E-state index in [1.54, 1.807) is 17.6 Å². The number of fused-ring (bicyclic) bond motifs is 1. The Morgan fingerprint density at radius 1 is 1.13 bits per heavy atom. The third-order valence-electron chi connectivity index (χ3n) is 5.51. The maximum Gasteiger partial charge on any atom is 0.258 e. The first-order valence-corrected chi connectivity index (χ1v) is 11.3. The number of nitrogens with zero attached hydrogens (tertiary/aromatic N) is 2. The predicted molar refractivity (Wildman–Crippen MR) is 126 cm³/mol. The van der Waals surface area contributed by atoms with Crippen molar-refractivity contribution in [1.29, 1.82) is 0 Å². The highest BCUT2D eigenvalue weighted by Gasteiger charge is 2.28. The number of carbonyl (C=O) groups is 2. The van der Waals surface area contributed by atoms with E-state index >= 15 is 0 Å². The summed E-state index contributed by atoms with van der Waals surface area (Å²) in [6, 6.07) is 11.6. The quantitative estimate of drug-likeness (QED) is 0.449. The van der Waals surface area contributed by atoms with E-state index in [1.165, 1.54) is 17.4 Å². The number of aryl methyl sites for hydroxylation is 2. The van der Waals surface area contributed by atoms with Crippen molar-refractivity contribution in [2.24, 2.45) is 5.10 Å². The molecule has 2 heterocycles. The molecule has 1 aliphatic rings. The molecule has 7 heteroatoms. The van der Waals surface area contributed by atoms with Gasteiger partial charge in [-0.1, -0.05) is 18.2 Å². The van der Waals surface area contributed by atoms with Gasteiger partial charge in [0.2, 0.25) is 5.91 Å². The van der Waals surface area contributed by atoms with Gasteiger partial charge in [0.15, 0.2) is 0 Å². The lowest BCUT2D eigenvalue weighted by Gasteiger charge is -2.14. The molecule has 0 aliphatic heterocycles. The van der Waals surface area contributed by atoms with Crippen LogP contribution >= 0.6 is 11.3 Å². The Labute approximate surface area is 186 Å². The van der Waals surface area contributed by atoms with Crippen molar-refractivity contribution in [3.63, 3.8) is 0 Å². The van der Waals surface area contributed by atoms with Crippen LogP contribution in [0.25, 0.3) is 5.00 Å². The number of hydrogen-bond acceptors (Lipinski definition) is 4. The number of hydrogen-bond donors (Lipinski definition) is 2. The number of para-hydroxylation sites is 1. The number of anilines is 1. The fourth-order valence-electron chi connectivity index (χ4n) is 4.08. The van der Waals surface area contributed by atoms with E-state index in [2.05, 4.69) is 20.4 Å². The van der Waals surface area contributed by atoms with Crippen LogP contribution in [0, 0.1) is 13.8 Å². The normalized spacial score (nSPS) is 13.3. The Morgan fingerprint density at radius 2 is 1.87 bits per heavy atom. The molecule has 6 nitrogen and oxygen atoms in total. The number of benzene rings is 1. The molecule has 2 aromatic heterocycles. The van der Waals surface area contributed by atoms with Gasteiger partial charge in [0.05, 0.1) is 11.8 Å². The lowest BCUT2D eigenvalue weighted by Crippen LogP contribution is -2.17. The molecule has 1 aliphatic carbocycles. The van der Waals surface area contributed by atoms with Crippen LogP contribution in [0.15, 0.2) is 41.5 Å². The minimum Gasteiger partial charge on any atom is -0.322 e. The number of nitrogens with one attached hydrogen (secondary N) is 2. The first kappa shape index (κ1) is 21.1. The third kappa shape index (κ3) is 4.32. The van der Waals surface area contributed by atoms with E-state index in [4.69, 9.17) is 0 Å². The van der Waals surface area contributed by atoms with Crippen LogP contribution in [0.5, 0.6) is 0 Å². The van der Waals surface area contributed by atoms with Gasteiger partial charge in [-0.3, -0.25) is 9.59 Å². The monoisotopic (exact) mass is 434 g/mol. The molecular formula is C24H26N4O2S. The van der Waals surface area contributed by atoms with Crippen molar-refractivity contribution >= 4 is 35.1 Å². The predicted octanol–water partition coefficient (Wildman–Crippen LogP) is 4.76. The molecule has 160 valence electrons. The minimum absolute atomic E-state index is 0.0680. The summed E-state index contributed by atoms with van der Waals surface area (Å²) in [5.41, 5.74) is 8.11. The van der Waals surface area contributed by atoms with Gasteiger partial charge in [0.1, 0.15) is 5.00 Å². The number of hydrazone groups is 1. The van der Waals surface area contributed by atoms with Gasteiger partial charge in [0, 0.05) is 34.4 Å². The Hall–Kier alpha value is -3.19. The van der Waals surface area contributed by atoms with Gasteiger partial charge in [-0.15, -0.1) is 11.3 Å². The highest BCUT2D eigenvalue weighted by Crippen LogP contribution is 2.39. The van der Waals surface area contributed by atoms with Gasteiger partial charge < -0.3 is 9.88 Å². The van der Waals surface area contributed by atoms with E-state index in [0.29, 0.717) is 0 Å². The molecule has 0 bridgehead atoms. The van der Waals surface area contributed by atoms with Crippen LogP contribution < -0.4 is 10.7 Å². The summed E-state index contributed by atoms with van der Waals surface area (Å²) in [5, 5.41) is 8.05. The van der Waals surface area contributed by atoms with E-state index in [1.807, 2.05) is 50.2 Å². The summed E-state index contributed by atoms with van der Waals surface area (Å²) < 4.78 is 2.14. The molecular weight excluding hydrogens is 408 g/mol. The first-order chi connectivity index (χ1) is 15.0. The number of amides is 2. The van der Waals surface area contributed by atoms with Gasteiger partial charge in [-0.2, -0.15) is 5.10 Å². The molecule has 31 heavy (non-hydrogen) atoms. The second-order valence-electron chi connectivity index (χ2n) is 7.80. The molecule has 4 rings (SSSR count). The van der Waals surface area contributed by atoms with Crippen molar-refractivity contribution in [1.82, 2.24) is 9.99 Å². The smallest absolute Gasteiger partial charge is 0.258 e. The van der Waals surface area contributed by atoms with Crippen LogP contribution in [-0.2, 0) is 17.6 Å². The minimum atomic E-state index is -0.212. The Bertz CT molecular complexity index is 1160. The average molecular weight is 435 g/mol. The molecule has 1 aromatic carbocycles. The molecule has 2 amide bonds. The summed E-state index contributed by atoms with van der Waals surface area (Å²) in [5.74, 6) is -0.280. The number of aromatic nitrogens is 1. The molecule has 0 saturated heterocycles. The topological polar surface area (TPSA) is 75.5 Å². The second-order valence-corrected chi connectivity index (χ2v) is 8.88. The zero-order chi connectivity index (χ0) is 22.0. The highest BCUT2D eigenvalue weighted by atomic mass is 32.1. The lowest BCUT2D eigenvalue weighted by atomic mass is 9.95. The molecule has 0 fully saturated rings. The average Bonchev–Trinajstić information content (AvgIpc) is 3.25. The van der Waals surface area contributed by atoms with E-state index in [-0.39, 0.29) is 11.8 Å². The van der Waals surface area contributed by atoms with E-state index in [0.717, 1.165) is 58.9 Å². The van der Waals surface area contributed by atoms with Crippen LogP contribution in [0.4, 0.5) is 5.69 Å². The molecule has 0 radical (unpaired) electrons. The van der Waals surface area contributed by atoms with Crippen molar-refractivity contribution < 1.29 is 9.59 Å².